The molecule has 22 heavy (non-hydrogen) atoms. The van der Waals surface area contributed by atoms with Crippen LogP contribution in [0.3, 0.4) is 0 Å². The fourth-order valence-corrected chi connectivity index (χ4v) is 2.44. The van der Waals surface area contributed by atoms with Crippen LogP contribution in [-0.4, -0.2) is 0 Å². The largest absolute Gasteiger partial charge is 0.250 e. The van der Waals surface area contributed by atoms with Gasteiger partial charge in [0.15, 0.2) is 0 Å². The van der Waals surface area contributed by atoms with Crippen molar-refractivity contribution in [3.05, 3.63) is 70.8 Å². The highest BCUT2D eigenvalue weighted by molar-refractivity contribution is 5.27. The Labute approximate surface area is 134 Å². The fraction of sp³-hybridized carbons (Fsp3) is 0.400. The highest BCUT2D eigenvalue weighted by atomic mass is 15.4. The summed E-state index contributed by atoms with van der Waals surface area (Å²) in [5, 5.41) is 0. The Kier molecular flexibility index (Phi) is 5.76. The number of benzene rings is 2. The molecule has 2 N–H and O–H groups in total. The Morgan fingerprint density at radius 1 is 0.591 bits per heavy atom. The summed E-state index contributed by atoms with van der Waals surface area (Å²) >= 11 is 0. The first-order valence-corrected chi connectivity index (χ1v) is 8.15. The molecule has 2 atom stereocenters. The first-order valence-electron chi connectivity index (χ1n) is 8.15. The first-order chi connectivity index (χ1) is 10.5. The predicted molar refractivity (Wildman–Crippen MR) is 94.8 cm³/mol. The van der Waals surface area contributed by atoms with Crippen LogP contribution in [0.2, 0.25) is 0 Å². The van der Waals surface area contributed by atoms with Crippen LogP contribution in [0, 0.1) is 6.92 Å². The summed E-state index contributed by atoms with van der Waals surface area (Å²) in [4.78, 5) is 0. The van der Waals surface area contributed by atoms with E-state index in [0.29, 0.717) is 5.92 Å². The second-order valence-electron chi connectivity index (χ2n) is 6.46. The van der Waals surface area contributed by atoms with Crippen molar-refractivity contribution in [2.75, 3.05) is 0 Å². The maximum absolute atomic E-state index is 3.41. The minimum absolute atomic E-state index is 0.272. The highest BCUT2D eigenvalue weighted by Gasteiger charge is 2.09. The smallest absolute Gasteiger partial charge is 0.0434 e. The Bertz CT molecular complexity index is 570. The molecule has 0 aliphatic carbocycles. The Balaban J connectivity index is 1.91. The van der Waals surface area contributed by atoms with Gasteiger partial charge in [-0.05, 0) is 43.4 Å². The normalized spacial score (nSPS) is 14.1. The van der Waals surface area contributed by atoms with E-state index in [1.807, 2.05) is 0 Å². The lowest BCUT2D eigenvalue weighted by molar-refractivity contribution is 0.411. The molecular formula is C20H28N2. The molecule has 0 aromatic heterocycles. The van der Waals surface area contributed by atoms with Crippen LogP contribution in [-0.2, 0) is 0 Å². The molecule has 2 rings (SSSR count). The van der Waals surface area contributed by atoms with Gasteiger partial charge in [0.1, 0.15) is 0 Å². The van der Waals surface area contributed by atoms with Crippen LogP contribution in [0.15, 0.2) is 48.5 Å². The zero-order chi connectivity index (χ0) is 16.1. The van der Waals surface area contributed by atoms with Gasteiger partial charge in [-0.15, -0.1) is 0 Å². The number of hydrogen-bond acceptors (Lipinski definition) is 2. The topological polar surface area (TPSA) is 24.1 Å². The molecule has 0 bridgehead atoms. The van der Waals surface area contributed by atoms with E-state index in [1.54, 1.807) is 0 Å². The zero-order valence-electron chi connectivity index (χ0n) is 14.4. The van der Waals surface area contributed by atoms with Crippen molar-refractivity contribution in [2.24, 2.45) is 0 Å². The fourth-order valence-electron chi connectivity index (χ4n) is 2.44. The van der Waals surface area contributed by atoms with E-state index >= 15 is 0 Å². The van der Waals surface area contributed by atoms with Crippen LogP contribution in [0.5, 0.6) is 0 Å². The van der Waals surface area contributed by atoms with Gasteiger partial charge in [-0.25, -0.2) is 0 Å². The van der Waals surface area contributed by atoms with Gasteiger partial charge in [0.05, 0.1) is 0 Å². The van der Waals surface area contributed by atoms with Crippen molar-refractivity contribution < 1.29 is 0 Å². The number of nitrogens with one attached hydrogen (secondary N) is 2. The van der Waals surface area contributed by atoms with E-state index in [1.165, 1.54) is 22.3 Å². The Morgan fingerprint density at radius 3 is 1.36 bits per heavy atom. The minimum atomic E-state index is 0.272. The summed E-state index contributed by atoms with van der Waals surface area (Å²) in [6.07, 6.45) is 0. The molecule has 0 aliphatic heterocycles. The van der Waals surface area contributed by atoms with Gasteiger partial charge in [0.2, 0.25) is 0 Å². The van der Waals surface area contributed by atoms with Crippen molar-refractivity contribution in [1.29, 1.82) is 0 Å². The van der Waals surface area contributed by atoms with E-state index in [9.17, 15) is 0 Å². The number of hydrogen-bond donors (Lipinski definition) is 2. The molecule has 2 unspecified atom stereocenters. The first kappa shape index (κ1) is 16.7. The third kappa shape index (κ3) is 4.43. The number of rotatable bonds is 6. The van der Waals surface area contributed by atoms with Crippen LogP contribution in [0.1, 0.15) is 68.0 Å². The molecule has 0 radical (unpaired) electrons. The summed E-state index contributed by atoms with van der Waals surface area (Å²) in [6.45, 7) is 10.9. The average molecular weight is 296 g/mol. The van der Waals surface area contributed by atoms with Crippen LogP contribution in [0.25, 0.3) is 0 Å². The standard InChI is InChI=1S/C20H28N2/c1-14(2)18-10-12-20(13-11-18)17(5)22-21-16(4)19-8-6-15(3)7-9-19/h6-14,16-17,21-22H,1-5H3. The minimum Gasteiger partial charge on any atom is -0.250 e. The molecule has 0 spiro atoms. The molecule has 2 nitrogen and oxygen atoms in total. The molecule has 0 saturated carbocycles. The Morgan fingerprint density at radius 2 is 0.955 bits per heavy atom. The number of aryl methyl sites for hydroxylation is 1. The van der Waals surface area contributed by atoms with Gasteiger partial charge < -0.3 is 0 Å². The zero-order valence-corrected chi connectivity index (χ0v) is 14.4. The molecule has 2 heteroatoms. The third-order valence-corrected chi connectivity index (χ3v) is 4.20. The van der Waals surface area contributed by atoms with Crippen LogP contribution >= 0.6 is 0 Å². The molecule has 2 aromatic carbocycles. The van der Waals surface area contributed by atoms with Crippen LogP contribution < -0.4 is 10.9 Å². The molecule has 0 saturated heterocycles. The van der Waals surface area contributed by atoms with Gasteiger partial charge in [-0.1, -0.05) is 67.9 Å². The number of hydrazine groups is 1. The Hall–Kier alpha value is -1.64. The van der Waals surface area contributed by atoms with E-state index in [4.69, 9.17) is 0 Å². The van der Waals surface area contributed by atoms with Gasteiger partial charge in [-0.3, -0.25) is 10.9 Å². The monoisotopic (exact) mass is 296 g/mol. The predicted octanol–water partition coefficient (Wildman–Crippen LogP) is 5.03. The molecule has 118 valence electrons. The summed E-state index contributed by atoms with van der Waals surface area (Å²) in [5.41, 5.74) is 12.1. The maximum atomic E-state index is 3.41. The molecular weight excluding hydrogens is 268 g/mol. The van der Waals surface area contributed by atoms with Gasteiger partial charge >= 0.3 is 0 Å². The van der Waals surface area contributed by atoms with Crippen molar-refractivity contribution in [2.45, 2.75) is 52.6 Å². The second kappa shape index (κ2) is 7.57. The molecule has 0 heterocycles. The quantitative estimate of drug-likeness (QED) is 0.730. The summed E-state index contributed by atoms with van der Waals surface area (Å²) in [7, 11) is 0. The summed E-state index contributed by atoms with van der Waals surface area (Å²) in [5.74, 6) is 0.581. The molecule has 0 fully saturated rings. The molecule has 0 amide bonds. The lowest BCUT2D eigenvalue weighted by Gasteiger charge is -2.20. The average Bonchev–Trinajstić information content (AvgIpc) is 2.53. The maximum Gasteiger partial charge on any atom is 0.0434 e. The van der Waals surface area contributed by atoms with Crippen LogP contribution in [0.4, 0.5) is 0 Å². The summed E-state index contributed by atoms with van der Waals surface area (Å²) in [6, 6.07) is 18.1. The van der Waals surface area contributed by atoms with Crippen molar-refractivity contribution >= 4 is 0 Å². The second-order valence-corrected chi connectivity index (χ2v) is 6.46. The van der Waals surface area contributed by atoms with Gasteiger partial charge in [-0.2, -0.15) is 0 Å². The molecule has 2 aromatic rings. The van der Waals surface area contributed by atoms with Crippen molar-refractivity contribution in [3.63, 3.8) is 0 Å². The molecule has 0 aliphatic rings. The van der Waals surface area contributed by atoms with E-state index in [2.05, 4.69) is 94.0 Å². The van der Waals surface area contributed by atoms with E-state index < -0.39 is 0 Å². The third-order valence-electron chi connectivity index (χ3n) is 4.20. The highest BCUT2D eigenvalue weighted by Crippen LogP contribution is 2.19. The van der Waals surface area contributed by atoms with E-state index in [0.717, 1.165) is 0 Å². The van der Waals surface area contributed by atoms with E-state index in [-0.39, 0.29) is 12.1 Å². The lowest BCUT2D eigenvalue weighted by atomic mass is 10.00. The lowest BCUT2D eigenvalue weighted by Crippen LogP contribution is -2.36. The van der Waals surface area contributed by atoms with Crippen molar-refractivity contribution in [3.8, 4) is 0 Å². The summed E-state index contributed by atoms with van der Waals surface area (Å²) < 4.78 is 0. The SMILES string of the molecule is Cc1ccc(C(C)NNC(C)c2ccc(C(C)C)cc2)cc1. The van der Waals surface area contributed by atoms with Gasteiger partial charge in [0.25, 0.3) is 0 Å². The van der Waals surface area contributed by atoms with Gasteiger partial charge in [0, 0.05) is 12.1 Å². The van der Waals surface area contributed by atoms with Crippen molar-refractivity contribution in [1.82, 2.24) is 10.9 Å².